The average molecular weight is 295 g/mol. The maximum atomic E-state index is 6.01. The number of hydrogen-bond acceptors (Lipinski definition) is 4. The van der Waals surface area contributed by atoms with Gasteiger partial charge in [-0.2, -0.15) is 11.8 Å². The van der Waals surface area contributed by atoms with Crippen molar-refractivity contribution in [1.29, 1.82) is 0 Å². The molecule has 3 nitrogen and oxygen atoms in total. The molecule has 0 amide bonds. The van der Waals surface area contributed by atoms with Crippen LogP contribution in [0.4, 0.5) is 0 Å². The van der Waals surface area contributed by atoms with Gasteiger partial charge >= 0.3 is 8.80 Å². The lowest BCUT2D eigenvalue weighted by atomic mass is 10.5. The zero-order valence-electron chi connectivity index (χ0n) is 12.5. The Morgan fingerprint density at radius 1 is 0.833 bits per heavy atom. The van der Waals surface area contributed by atoms with Crippen LogP contribution in [-0.4, -0.2) is 40.6 Å². The fourth-order valence-electron chi connectivity index (χ4n) is 1.55. The monoisotopic (exact) mass is 294 g/mol. The summed E-state index contributed by atoms with van der Waals surface area (Å²) in [6.07, 6.45) is 6.30. The minimum atomic E-state index is -2.41. The largest absolute Gasteiger partial charge is 0.500 e. The Bertz CT molecular complexity index is 160. The quantitative estimate of drug-likeness (QED) is 0.380. The van der Waals surface area contributed by atoms with Gasteiger partial charge in [-0.25, -0.2) is 0 Å². The molecule has 0 aliphatic rings. The van der Waals surface area contributed by atoms with Crippen LogP contribution in [-0.2, 0) is 13.3 Å². The van der Waals surface area contributed by atoms with E-state index in [0.717, 1.165) is 57.3 Å². The third-order valence-corrected chi connectivity index (χ3v) is 6.00. The van der Waals surface area contributed by atoms with Crippen LogP contribution >= 0.6 is 11.8 Å². The van der Waals surface area contributed by atoms with E-state index in [0.29, 0.717) is 0 Å². The lowest BCUT2D eigenvalue weighted by Crippen LogP contribution is -2.46. The van der Waals surface area contributed by atoms with E-state index in [1.165, 1.54) is 0 Å². The predicted octanol–water partition coefficient (Wildman–Crippen LogP) is 3.96. The molecule has 0 aromatic heterocycles. The van der Waals surface area contributed by atoms with Gasteiger partial charge in [0.05, 0.1) is 0 Å². The van der Waals surface area contributed by atoms with E-state index in [9.17, 15) is 0 Å². The first-order chi connectivity index (χ1) is 8.74. The second kappa shape index (κ2) is 12.5. The third kappa shape index (κ3) is 8.53. The molecule has 0 heterocycles. The van der Waals surface area contributed by atoms with Gasteiger partial charge in [0.25, 0.3) is 0 Å². The standard InChI is InChI=1S/C13H30O3SSi/c1-5-9-14-18(15-10-6-2,16-11-7-3)13-8-12-17-4/h5-13H2,1-4H3. The minimum absolute atomic E-state index is 0.749. The Kier molecular flexibility index (Phi) is 12.8. The molecule has 0 rings (SSSR count). The van der Waals surface area contributed by atoms with Crippen LogP contribution < -0.4 is 0 Å². The summed E-state index contributed by atoms with van der Waals surface area (Å²) in [7, 11) is -2.41. The fourth-order valence-corrected chi connectivity index (χ4v) is 5.07. The summed E-state index contributed by atoms with van der Waals surface area (Å²) < 4.78 is 18.0. The maximum absolute atomic E-state index is 6.01. The second-order valence-electron chi connectivity index (χ2n) is 4.32. The van der Waals surface area contributed by atoms with E-state index in [1.54, 1.807) is 0 Å². The van der Waals surface area contributed by atoms with Crippen LogP contribution in [0.15, 0.2) is 0 Å². The van der Waals surface area contributed by atoms with E-state index >= 15 is 0 Å². The van der Waals surface area contributed by atoms with Crippen LogP contribution in [0.1, 0.15) is 46.5 Å². The molecule has 0 saturated heterocycles. The van der Waals surface area contributed by atoms with Crippen molar-refractivity contribution in [2.45, 2.75) is 52.5 Å². The molecule has 0 spiro atoms. The van der Waals surface area contributed by atoms with Gasteiger partial charge in [-0.1, -0.05) is 20.8 Å². The van der Waals surface area contributed by atoms with Crippen molar-refractivity contribution in [3.8, 4) is 0 Å². The van der Waals surface area contributed by atoms with E-state index in [2.05, 4.69) is 27.0 Å². The summed E-state index contributed by atoms with van der Waals surface area (Å²) in [6.45, 7) is 8.62. The molecule has 0 fully saturated rings. The van der Waals surface area contributed by atoms with Gasteiger partial charge < -0.3 is 13.3 Å². The smallest absolute Gasteiger partial charge is 0.373 e. The van der Waals surface area contributed by atoms with Gasteiger partial charge in [0.2, 0.25) is 0 Å². The Morgan fingerprint density at radius 3 is 1.61 bits per heavy atom. The molecule has 0 aromatic carbocycles. The average Bonchev–Trinajstić information content (AvgIpc) is 2.40. The van der Waals surface area contributed by atoms with Crippen LogP contribution in [0.2, 0.25) is 6.04 Å². The number of rotatable bonds is 13. The third-order valence-electron chi connectivity index (χ3n) is 2.41. The first-order valence-corrected chi connectivity index (χ1v) is 10.5. The fraction of sp³-hybridized carbons (Fsp3) is 1.00. The molecule has 0 aromatic rings. The summed E-state index contributed by atoms with van der Waals surface area (Å²) >= 11 is 1.87. The topological polar surface area (TPSA) is 27.7 Å². The summed E-state index contributed by atoms with van der Waals surface area (Å²) in [6, 6.07) is 0.952. The normalized spacial score (nSPS) is 12.0. The number of thioether (sulfide) groups is 1. The van der Waals surface area contributed by atoms with Crippen molar-refractivity contribution in [3.63, 3.8) is 0 Å². The lowest BCUT2D eigenvalue weighted by molar-refractivity contribution is 0.0591. The molecular formula is C13H30O3SSi. The molecule has 0 radical (unpaired) electrons. The number of hydrogen-bond donors (Lipinski definition) is 0. The van der Waals surface area contributed by atoms with Crippen molar-refractivity contribution in [1.82, 2.24) is 0 Å². The highest BCUT2D eigenvalue weighted by Crippen LogP contribution is 2.20. The van der Waals surface area contributed by atoms with Gasteiger partial charge in [-0.05, 0) is 37.7 Å². The lowest BCUT2D eigenvalue weighted by Gasteiger charge is -2.29. The SMILES string of the molecule is CCCO[Si](CCCSC)(OCCC)OCCC. The molecule has 18 heavy (non-hydrogen) atoms. The molecule has 0 atom stereocenters. The molecule has 110 valence electrons. The highest BCUT2D eigenvalue weighted by molar-refractivity contribution is 7.98. The van der Waals surface area contributed by atoms with Crippen molar-refractivity contribution in [2.75, 3.05) is 31.8 Å². The van der Waals surface area contributed by atoms with E-state index in [4.69, 9.17) is 13.3 Å². The van der Waals surface area contributed by atoms with Gasteiger partial charge in [-0.15, -0.1) is 0 Å². The van der Waals surface area contributed by atoms with E-state index in [1.807, 2.05) is 11.8 Å². The van der Waals surface area contributed by atoms with Crippen molar-refractivity contribution in [2.24, 2.45) is 0 Å². The molecule has 0 unspecified atom stereocenters. The van der Waals surface area contributed by atoms with Crippen LogP contribution in [0.25, 0.3) is 0 Å². The Balaban J connectivity index is 4.41. The van der Waals surface area contributed by atoms with Crippen molar-refractivity contribution < 1.29 is 13.3 Å². The van der Waals surface area contributed by atoms with Crippen LogP contribution in [0.5, 0.6) is 0 Å². The molecule has 5 heteroatoms. The first kappa shape index (κ1) is 18.4. The maximum Gasteiger partial charge on any atom is 0.500 e. The molecule has 0 saturated carbocycles. The molecule has 0 aliphatic heterocycles. The highest BCUT2D eigenvalue weighted by atomic mass is 32.2. The molecule has 0 N–H and O–H groups in total. The van der Waals surface area contributed by atoms with Crippen molar-refractivity contribution >= 4 is 20.6 Å². The van der Waals surface area contributed by atoms with Gasteiger partial charge in [0.15, 0.2) is 0 Å². The second-order valence-corrected chi connectivity index (χ2v) is 8.04. The Hall–Kier alpha value is 0.447. The molecule has 0 bridgehead atoms. The predicted molar refractivity (Wildman–Crippen MR) is 82.3 cm³/mol. The summed E-state index contributed by atoms with van der Waals surface area (Å²) in [5, 5.41) is 0. The van der Waals surface area contributed by atoms with Gasteiger partial charge in [-0.3, -0.25) is 0 Å². The van der Waals surface area contributed by atoms with Crippen LogP contribution in [0.3, 0.4) is 0 Å². The zero-order chi connectivity index (χ0) is 13.7. The zero-order valence-corrected chi connectivity index (χ0v) is 14.3. The molecular weight excluding hydrogens is 264 g/mol. The minimum Gasteiger partial charge on any atom is -0.373 e. The highest BCUT2D eigenvalue weighted by Gasteiger charge is 2.40. The molecule has 0 aliphatic carbocycles. The Labute approximate surface area is 118 Å². The van der Waals surface area contributed by atoms with E-state index in [-0.39, 0.29) is 0 Å². The summed E-state index contributed by atoms with van der Waals surface area (Å²) in [5.41, 5.74) is 0. The van der Waals surface area contributed by atoms with E-state index < -0.39 is 8.80 Å². The Morgan fingerprint density at radius 2 is 1.28 bits per heavy atom. The summed E-state index contributed by atoms with van der Waals surface area (Å²) in [5.74, 6) is 1.15. The van der Waals surface area contributed by atoms with Gasteiger partial charge in [0.1, 0.15) is 0 Å². The van der Waals surface area contributed by atoms with Crippen molar-refractivity contribution in [3.05, 3.63) is 0 Å². The van der Waals surface area contributed by atoms with Crippen LogP contribution in [0, 0.1) is 0 Å². The summed E-state index contributed by atoms with van der Waals surface area (Å²) in [4.78, 5) is 0. The van der Waals surface area contributed by atoms with Gasteiger partial charge in [0, 0.05) is 25.9 Å². The first-order valence-electron chi connectivity index (χ1n) is 7.15.